The van der Waals surface area contributed by atoms with Gasteiger partial charge >= 0.3 is 0 Å². The molecule has 0 spiro atoms. The van der Waals surface area contributed by atoms with E-state index >= 15 is 4.39 Å². The molecule has 0 amide bonds. The summed E-state index contributed by atoms with van der Waals surface area (Å²) in [6.45, 7) is 1.66. The monoisotopic (exact) mass is 389 g/mol. The lowest BCUT2D eigenvalue weighted by Gasteiger charge is -2.32. The largest absolute Gasteiger partial charge is 0.493 e. The fourth-order valence-electron chi connectivity index (χ4n) is 2.96. The molecule has 0 saturated carbocycles. The van der Waals surface area contributed by atoms with Gasteiger partial charge in [-0.25, -0.2) is 12.8 Å². The van der Waals surface area contributed by atoms with Crippen LogP contribution in [0.15, 0.2) is 34.9 Å². The molecule has 8 heteroatoms. The van der Waals surface area contributed by atoms with E-state index in [0.717, 1.165) is 12.3 Å². The second-order valence-electron chi connectivity index (χ2n) is 6.02. The van der Waals surface area contributed by atoms with Crippen molar-refractivity contribution in [2.45, 2.75) is 24.9 Å². The van der Waals surface area contributed by atoms with Crippen molar-refractivity contribution in [1.82, 2.24) is 0 Å². The average Bonchev–Trinajstić information content (AvgIpc) is 2.51. The van der Waals surface area contributed by atoms with Crippen LogP contribution in [0.5, 0.6) is 11.5 Å². The smallest absolute Gasteiger partial charge is 0.177 e. The topological polar surface area (TPSA) is 78.6 Å². The number of alkyl halides is 1. The molecule has 0 aromatic heterocycles. The van der Waals surface area contributed by atoms with Crippen molar-refractivity contribution in [3.05, 3.63) is 45.5 Å². The van der Waals surface area contributed by atoms with E-state index in [2.05, 4.69) is 0 Å². The van der Waals surface area contributed by atoms with Crippen LogP contribution in [0, 0.1) is 0 Å². The van der Waals surface area contributed by atoms with Gasteiger partial charge in [-0.05, 0) is 12.1 Å². The van der Waals surface area contributed by atoms with E-state index < -0.39 is 21.4 Å². The summed E-state index contributed by atoms with van der Waals surface area (Å²) in [6, 6.07) is 3.18. The molecule has 2 rings (SSSR count). The van der Waals surface area contributed by atoms with Crippen molar-refractivity contribution in [2.24, 2.45) is 5.73 Å². The summed E-state index contributed by atoms with van der Waals surface area (Å²) >= 11 is 6.11. The number of sulfone groups is 1. The number of hydrogen-bond donors (Lipinski definition) is 1. The van der Waals surface area contributed by atoms with E-state index in [1.165, 1.54) is 20.3 Å². The third kappa shape index (κ3) is 3.77. The number of benzene rings is 1. The van der Waals surface area contributed by atoms with Gasteiger partial charge < -0.3 is 15.2 Å². The molecule has 1 aliphatic carbocycles. The summed E-state index contributed by atoms with van der Waals surface area (Å²) in [5.74, 6) is 0.0628. The van der Waals surface area contributed by atoms with Crippen LogP contribution in [0.4, 0.5) is 4.39 Å². The summed E-state index contributed by atoms with van der Waals surface area (Å²) in [5.41, 5.74) is 4.33. The van der Waals surface area contributed by atoms with Crippen molar-refractivity contribution in [1.29, 1.82) is 0 Å². The lowest BCUT2D eigenvalue weighted by molar-refractivity contribution is 0.189. The Balaban J connectivity index is 2.51. The molecule has 5 nitrogen and oxygen atoms in total. The van der Waals surface area contributed by atoms with E-state index in [0.29, 0.717) is 22.1 Å². The Hall–Kier alpha value is -1.73. The highest BCUT2D eigenvalue weighted by Gasteiger charge is 2.40. The van der Waals surface area contributed by atoms with E-state index in [1.54, 1.807) is 19.1 Å². The van der Waals surface area contributed by atoms with Crippen molar-refractivity contribution >= 4 is 21.4 Å². The van der Waals surface area contributed by atoms with Crippen LogP contribution in [-0.2, 0) is 9.84 Å². The lowest BCUT2D eigenvalue weighted by atomic mass is 9.79. The van der Waals surface area contributed by atoms with Crippen LogP contribution in [0.2, 0.25) is 5.02 Å². The first-order valence-electron chi connectivity index (χ1n) is 7.52. The Labute approximate surface area is 152 Å². The van der Waals surface area contributed by atoms with Crippen molar-refractivity contribution in [3.63, 3.8) is 0 Å². The Kier molecular flexibility index (Phi) is 5.39. The standard InChI is InChI=1S/C17H21ClFNO4S/c1-10(12-7-11(18)8-14(23-2)16(12)24-3)17(19)6-5-15(13(20)9-17)25(4,21)22/h5,7-10H,6,20H2,1-4H3. The quantitative estimate of drug-likeness (QED) is 0.835. The SMILES string of the molecule is COc1cc(Cl)cc(C(C)C2(F)C=C(N)C(S(C)(=O)=O)=CC2)c1OC. The first kappa shape index (κ1) is 19.6. The predicted molar refractivity (Wildman–Crippen MR) is 96.6 cm³/mol. The molecule has 2 N–H and O–H groups in total. The second-order valence-corrected chi connectivity index (χ2v) is 8.44. The van der Waals surface area contributed by atoms with E-state index in [9.17, 15) is 8.42 Å². The molecule has 1 aliphatic rings. The maximum absolute atomic E-state index is 15.6. The van der Waals surface area contributed by atoms with Crippen LogP contribution in [0.25, 0.3) is 0 Å². The number of methoxy groups -OCH3 is 2. The van der Waals surface area contributed by atoms with Gasteiger partial charge in [0.25, 0.3) is 0 Å². The minimum Gasteiger partial charge on any atom is -0.493 e. The van der Waals surface area contributed by atoms with Gasteiger partial charge in [-0.3, -0.25) is 0 Å². The van der Waals surface area contributed by atoms with Crippen LogP contribution in [-0.4, -0.2) is 34.6 Å². The van der Waals surface area contributed by atoms with E-state index in [-0.39, 0.29) is 17.0 Å². The Bertz CT molecular complexity index is 850. The van der Waals surface area contributed by atoms with Crippen LogP contribution in [0.1, 0.15) is 24.8 Å². The molecule has 1 aromatic rings. The summed E-state index contributed by atoms with van der Waals surface area (Å²) in [5, 5.41) is 0.378. The number of hydrogen-bond acceptors (Lipinski definition) is 5. The van der Waals surface area contributed by atoms with Crippen molar-refractivity contribution in [2.75, 3.05) is 20.5 Å². The summed E-state index contributed by atoms with van der Waals surface area (Å²) in [6.07, 6.45) is 3.38. The van der Waals surface area contributed by atoms with Gasteiger partial charge in [0.15, 0.2) is 21.3 Å². The normalized spacial score (nSPS) is 22.0. The number of halogens is 2. The first-order chi connectivity index (χ1) is 11.5. The summed E-state index contributed by atoms with van der Waals surface area (Å²) in [4.78, 5) is -0.0522. The van der Waals surface area contributed by atoms with Gasteiger partial charge in [0, 0.05) is 40.9 Å². The zero-order valence-corrected chi connectivity index (χ0v) is 16.0. The van der Waals surface area contributed by atoms with Gasteiger partial charge in [0.1, 0.15) is 5.67 Å². The first-order valence-corrected chi connectivity index (χ1v) is 9.79. The summed E-state index contributed by atoms with van der Waals surface area (Å²) in [7, 11) is -0.587. The zero-order valence-electron chi connectivity index (χ0n) is 14.5. The van der Waals surface area contributed by atoms with Gasteiger partial charge in [0.2, 0.25) is 0 Å². The Morgan fingerprint density at radius 3 is 2.44 bits per heavy atom. The molecule has 0 radical (unpaired) electrons. The number of ether oxygens (including phenoxy) is 2. The highest BCUT2D eigenvalue weighted by Crippen LogP contribution is 2.46. The number of nitrogens with two attached hydrogens (primary N) is 1. The van der Waals surface area contributed by atoms with E-state index in [4.69, 9.17) is 26.8 Å². The highest BCUT2D eigenvalue weighted by molar-refractivity contribution is 7.94. The fraction of sp³-hybridized carbons (Fsp3) is 0.412. The van der Waals surface area contributed by atoms with Crippen LogP contribution < -0.4 is 15.2 Å². The second kappa shape index (κ2) is 6.88. The number of allylic oxidation sites excluding steroid dienone is 2. The van der Waals surface area contributed by atoms with Crippen molar-refractivity contribution < 1.29 is 22.3 Å². The zero-order chi connectivity index (χ0) is 19.0. The molecule has 138 valence electrons. The Morgan fingerprint density at radius 1 is 1.32 bits per heavy atom. The molecule has 0 fully saturated rings. The van der Waals surface area contributed by atoms with Crippen LogP contribution in [0.3, 0.4) is 0 Å². The van der Waals surface area contributed by atoms with E-state index in [1.807, 2.05) is 0 Å². The minimum absolute atomic E-state index is 0.0522. The van der Waals surface area contributed by atoms with Crippen LogP contribution >= 0.6 is 11.6 Å². The molecule has 0 aliphatic heterocycles. The fourth-order valence-corrected chi connectivity index (χ4v) is 4.05. The molecular formula is C17H21ClFNO4S. The average molecular weight is 390 g/mol. The van der Waals surface area contributed by atoms with Gasteiger partial charge in [-0.1, -0.05) is 24.6 Å². The molecule has 25 heavy (non-hydrogen) atoms. The van der Waals surface area contributed by atoms with Gasteiger partial charge in [0.05, 0.1) is 19.1 Å². The number of rotatable bonds is 5. The third-order valence-electron chi connectivity index (χ3n) is 4.34. The Morgan fingerprint density at radius 2 is 1.96 bits per heavy atom. The maximum Gasteiger partial charge on any atom is 0.177 e. The maximum atomic E-state index is 15.6. The third-order valence-corrected chi connectivity index (χ3v) is 5.76. The van der Waals surface area contributed by atoms with Gasteiger partial charge in [-0.15, -0.1) is 0 Å². The molecule has 0 heterocycles. The molecule has 0 bridgehead atoms. The van der Waals surface area contributed by atoms with Crippen molar-refractivity contribution in [3.8, 4) is 11.5 Å². The molecule has 1 aromatic carbocycles. The minimum atomic E-state index is -3.51. The summed E-state index contributed by atoms with van der Waals surface area (Å²) < 4.78 is 49.6. The molecule has 2 atom stereocenters. The molecule has 0 saturated heterocycles. The highest BCUT2D eigenvalue weighted by atomic mass is 35.5. The molecular weight excluding hydrogens is 369 g/mol. The molecule has 2 unspecified atom stereocenters. The predicted octanol–water partition coefficient (Wildman–Crippen LogP) is 3.34. The lowest BCUT2D eigenvalue weighted by Crippen LogP contribution is -2.32. The van der Waals surface area contributed by atoms with Gasteiger partial charge in [-0.2, -0.15) is 0 Å².